The molecule has 2 aromatic carbocycles. The van der Waals surface area contributed by atoms with Crippen LogP contribution in [0.25, 0.3) is 0 Å². The fraction of sp³-hybridized carbons (Fsp3) is 0.200. The normalized spacial score (nSPS) is 12.1. The highest BCUT2D eigenvalue weighted by molar-refractivity contribution is 6.42. The number of benzene rings is 2. The number of halogens is 3. The van der Waals surface area contributed by atoms with E-state index < -0.39 is 6.04 Å². The molecule has 0 saturated carbocycles. The molecule has 0 radical (unpaired) electrons. The zero-order valence-electron chi connectivity index (χ0n) is 11.5. The van der Waals surface area contributed by atoms with Gasteiger partial charge in [0, 0.05) is 0 Å². The molecule has 0 spiro atoms. The summed E-state index contributed by atoms with van der Waals surface area (Å²) in [7, 11) is 3.06. The van der Waals surface area contributed by atoms with Crippen molar-refractivity contribution in [2.45, 2.75) is 6.04 Å². The van der Waals surface area contributed by atoms with Crippen molar-refractivity contribution in [2.24, 2.45) is 5.73 Å². The molecule has 0 bridgehead atoms. The number of hydrogen-bond acceptors (Lipinski definition) is 3. The van der Waals surface area contributed by atoms with Crippen LogP contribution in [0.1, 0.15) is 17.2 Å². The van der Waals surface area contributed by atoms with E-state index in [0.29, 0.717) is 32.1 Å². The molecule has 0 aliphatic heterocycles. The van der Waals surface area contributed by atoms with Crippen molar-refractivity contribution in [2.75, 3.05) is 14.2 Å². The topological polar surface area (TPSA) is 44.5 Å². The van der Waals surface area contributed by atoms with Crippen LogP contribution in [0.2, 0.25) is 15.1 Å². The van der Waals surface area contributed by atoms with Crippen LogP contribution in [0.15, 0.2) is 30.3 Å². The molecule has 0 aliphatic carbocycles. The van der Waals surface area contributed by atoms with Gasteiger partial charge in [0.1, 0.15) is 0 Å². The van der Waals surface area contributed by atoms with Crippen molar-refractivity contribution in [1.82, 2.24) is 0 Å². The van der Waals surface area contributed by atoms with E-state index in [1.807, 2.05) is 6.07 Å². The predicted molar refractivity (Wildman–Crippen MR) is 87.0 cm³/mol. The Balaban J connectivity index is 2.51. The van der Waals surface area contributed by atoms with Gasteiger partial charge in [-0.1, -0.05) is 46.9 Å². The second kappa shape index (κ2) is 6.75. The van der Waals surface area contributed by atoms with Crippen molar-refractivity contribution >= 4 is 34.8 Å². The van der Waals surface area contributed by atoms with Gasteiger partial charge < -0.3 is 15.2 Å². The monoisotopic (exact) mass is 345 g/mol. The van der Waals surface area contributed by atoms with Gasteiger partial charge >= 0.3 is 0 Å². The van der Waals surface area contributed by atoms with E-state index in [1.54, 1.807) is 24.3 Å². The summed E-state index contributed by atoms with van der Waals surface area (Å²) in [5.41, 5.74) is 7.74. The van der Waals surface area contributed by atoms with Crippen molar-refractivity contribution in [3.8, 4) is 11.5 Å². The Kier molecular flexibility index (Phi) is 5.22. The van der Waals surface area contributed by atoms with Crippen LogP contribution in [-0.2, 0) is 0 Å². The summed E-state index contributed by atoms with van der Waals surface area (Å²) < 4.78 is 10.5. The molecular weight excluding hydrogens is 333 g/mol. The Morgan fingerprint density at radius 2 is 1.71 bits per heavy atom. The van der Waals surface area contributed by atoms with Gasteiger partial charge in [-0.15, -0.1) is 0 Å². The molecule has 0 aromatic heterocycles. The standard InChI is InChI=1S/C15H14Cl3NO2/c1-20-12-7-8(6-11(17)15(12)21-2)14(19)9-4-3-5-10(16)13(9)18/h3-7,14H,19H2,1-2H3. The highest BCUT2D eigenvalue weighted by atomic mass is 35.5. The SMILES string of the molecule is COc1cc(C(N)c2cccc(Cl)c2Cl)cc(Cl)c1OC. The summed E-state index contributed by atoms with van der Waals surface area (Å²) in [6.45, 7) is 0. The first-order chi connectivity index (χ1) is 9.99. The molecule has 21 heavy (non-hydrogen) atoms. The first-order valence-electron chi connectivity index (χ1n) is 6.10. The molecule has 6 heteroatoms. The minimum Gasteiger partial charge on any atom is -0.493 e. The van der Waals surface area contributed by atoms with Crippen LogP contribution in [0.4, 0.5) is 0 Å². The van der Waals surface area contributed by atoms with Crippen LogP contribution in [-0.4, -0.2) is 14.2 Å². The second-order valence-corrected chi connectivity index (χ2v) is 5.55. The van der Waals surface area contributed by atoms with Gasteiger partial charge in [0.2, 0.25) is 0 Å². The third kappa shape index (κ3) is 3.22. The molecule has 2 aromatic rings. The average molecular weight is 347 g/mol. The summed E-state index contributed by atoms with van der Waals surface area (Å²) in [6.07, 6.45) is 0. The largest absolute Gasteiger partial charge is 0.493 e. The van der Waals surface area contributed by atoms with Gasteiger partial charge in [-0.2, -0.15) is 0 Å². The minimum absolute atomic E-state index is 0.417. The second-order valence-electron chi connectivity index (χ2n) is 4.36. The van der Waals surface area contributed by atoms with Crippen LogP contribution in [0.3, 0.4) is 0 Å². The van der Waals surface area contributed by atoms with Gasteiger partial charge in [0.25, 0.3) is 0 Å². The molecule has 1 atom stereocenters. The highest BCUT2D eigenvalue weighted by Gasteiger charge is 2.18. The number of ether oxygens (including phenoxy) is 2. The molecule has 3 nitrogen and oxygen atoms in total. The fourth-order valence-electron chi connectivity index (χ4n) is 2.06. The van der Waals surface area contributed by atoms with E-state index in [9.17, 15) is 0 Å². The fourth-order valence-corrected chi connectivity index (χ4v) is 2.78. The van der Waals surface area contributed by atoms with Crippen molar-refractivity contribution in [3.05, 3.63) is 56.5 Å². The summed E-state index contributed by atoms with van der Waals surface area (Å²) in [5.74, 6) is 0.973. The Morgan fingerprint density at radius 1 is 1.00 bits per heavy atom. The van der Waals surface area contributed by atoms with E-state index in [-0.39, 0.29) is 0 Å². The Hall–Kier alpha value is -1.13. The summed E-state index contributed by atoms with van der Waals surface area (Å²) in [5, 5.41) is 1.30. The lowest BCUT2D eigenvalue weighted by Crippen LogP contribution is -2.13. The van der Waals surface area contributed by atoms with Crippen molar-refractivity contribution in [3.63, 3.8) is 0 Å². The lowest BCUT2D eigenvalue weighted by atomic mass is 9.99. The first-order valence-corrected chi connectivity index (χ1v) is 7.23. The molecule has 0 heterocycles. The van der Waals surface area contributed by atoms with Gasteiger partial charge in [0.15, 0.2) is 11.5 Å². The van der Waals surface area contributed by atoms with E-state index in [0.717, 1.165) is 5.56 Å². The zero-order valence-corrected chi connectivity index (χ0v) is 13.8. The Labute approximate surface area is 138 Å². The molecule has 0 fully saturated rings. The maximum Gasteiger partial charge on any atom is 0.179 e. The van der Waals surface area contributed by atoms with E-state index in [4.69, 9.17) is 50.0 Å². The number of methoxy groups -OCH3 is 2. The van der Waals surface area contributed by atoms with E-state index in [1.165, 1.54) is 14.2 Å². The number of nitrogens with two attached hydrogens (primary N) is 1. The van der Waals surface area contributed by atoms with Gasteiger partial charge in [-0.05, 0) is 29.3 Å². The Bertz CT molecular complexity index is 662. The molecule has 0 aliphatic rings. The number of rotatable bonds is 4. The molecule has 112 valence electrons. The van der Waals surface area contributed by atoms with Crippen molar-refractivity contribution in [1.29, 1.82) is 0 Å². The smallest absolute Gasteiger partial charge is 0.179 e. The lowest BCUT2D eigenvalue weighted by Gasteiger charge is -2.18. The third-order valence-corrected chi connectivity index (χ3v) is 4.25. The van der Waals surface area contributed by atoms with E-state index in [2.05, 4.69) is 0 Å². The van der Waals surface area contributed by atoms with Crippen LogP contribution >= 0.6 is 34.8 Å². The molecule has 0 amide bonds. The Morgan fingerprint density at radius 3 is 2.33 bits per heavy atom. The van der Waals surface area contributed by atoms with Crippen LogP contribution < -0.4 is 15.2 Å². The van der Waals surface area contributed by atoms with Gasteiger partial charge in [-0.3, -0.25) is 0 Å². The molecule has 0 saturated heterocycles. The maximum atomic E-state index is 6.27. The first kappa shape index (κ1) is 16.2. The molecule has 2 rings (SSSR count). The quantitative estimate of drug-likeness (QED) is 0.871. The van der Waals surface area contributed by atoms with Crippen LogP contribution in [0, 0.1) is 0 Å². The molecule has 2 N–H and O–H groups in total. The van der Waals surface area contributed by atoms with Crippen LogP contribution in [0.5, 0.6) is 11.5 Å². The van der Waals surface area contributed by atoms with Gasteiger partial charge in [-0.25, -0.2) is 0 Å². The minimum atomic E-state index is -0.478. The maximum absolute atomic E-state index is 6.27. The summed E-state index contributed by atoms with van der Waals surface area (Å²) in [6, 6.07) is 8.35. The highest BCUT2D eigenvalue weighted by Crippen LogP contribution is 2.39. The average Bonchev–Trinajstić information content (AvgIpc) is 2.48. The predicted octanol–water partition coefficient (Wildman–Crippen LogP) is 4.71. The summed E-state index contributed by atoms with van der Waals surface area (Å²) >= 11 is 18.4. The molecule has 1 unspecified atom stereocenters. The zero-order chi connectivity index (χ0) is 15.6. The van der Waals surface area contributed by atoms with Crippen molar-refractivity contribution < 1.29 is 9.47 Å². The number of hydrogen-bond donors (Lipinski definition) is 1. The van der Waals surface area contributed by atoms with E-state index >= 15 is 0 Å². The van der Waals surface area contributed by atoms with Gasteiger partial charge in [0.05, 0.1) is 35.3 Å². The summed E-state index contributed by atoms with van der Waals surface area (Å²) in [4.78, 5) is 0. The lowest BCUT2D eigenvalue weighted by molar-refractivity contribution is 0.354. The molecular formula is C15H14Cl3NO2. The third-order valence-electron chi connectivity index (χ3n) is 3.13.